The first-order valence-corrected chi connectivity index (χ1v) is 6.21. The van der Waals surface area contributed by atoms with E-state index in [1.807, 2.05) is 11.6 Å². The van der Waals surface area contributed by atoms with E-state index in [2.05, 4.69) is 12.6 Å². The molecule has 0 bridgehead atoms. The molecular formula is C9H7FS3. The quantitative estimate of drug-likeness (QED) is 0.569. The van der Waals surface area contributed by atoms with Crippen LogP contribution in [-0.4, -0.2) is 6.26 Å². The standard InChI is InChI=1S/C9H7FS3/c1-12-8-4-13-7-3-5(10)2-6(11)9(7)8/h2-4,11H,1H3. The van der Waals surface area contributed by atoms with Gasteiger partial charge in [0.25, 0.3) is 0 Å². The molecule has 0 radical (unpaired) electrons. The number of rotatable bonds is 1. The van der Waals surface area contributed by atoms with Crippen LogP contribution in [0.1, 0.15) is 0 Å². The zero-order valence-electron chi connectivity index (χ0n) is 6.87. The molecule has 1 aromatic carbocycles. The lowest BCUT2D eigenvalue weighted by Crippen LogP contribution is -1.75. The third-order valence-electron chi connectivity index (χ3n) is 1.81. The van der Waals surface area contributed by atoms with E-state index in [0.29, 0.717) is 0 Å². The van der Waals surface area contributed by atoms with Crippen LogP contribution in [0.2, 0.25) is 0 Å². The van der Waals surface area contributed by atoms with Crippen molar-refractivity contribution in [3.63, 3.8) is 0 Å². The van der Waals surface area contributed by atoms with Crippen LogP contribution in [0.15, 0.2) is 27.3 Å². The van der Waals surface area contributed by atoms with Crippen molar-refractivity contribution in [3.8, 4) is 0 Å². The fraction of sp³-hybridized carbons (Fsp3) is 0.111. The fourth-order valence-corrected chi connectivity index (χ4v) is 3.64. The molecular weight excluding hydrogens is 223 g/mol. The van der Waals surface area contributed by atoms with E-state index in [9.17, 15) is 4.39 Å². The van der Waals surface area contributed by atoms with Crippen molar-refractivity contribution in [2.75, 3.05) is 6.26 Å². The topological polar surface area (TPSA) is 0 Å². The van der Waals surface area contributed by atoms with E-state index in [4.69, 9.17) is 0 Å². The lowest BCUT2D eigenvalue weighted by Gasteiger charge is -1.98. The zero-order chi connectivity index (χ0) is 9.42. The number of fused-ring (bicyclic) bond motifs is 1. The number of hydrogen-bond donors (Lipinski definition) is 1. The van der Waals surface area contributed by atoms with Crippen molar-refractivity contribution >= 4 is 45.8 Å². The van der Waals surface area contributed by atoms with Crippen LogP contribution in [0.5, 0.6) is 0 Å². The minimum absolute atomic E-state index is 0.216. The van der Waals surface area contributed by atoms with Crippen molar-refractivity contribution < 1.29 is 4.39 Å². The van der Waals surface area contributed by atoms with E-state index < -0.39 is 0 Å². The Bertz CT molecular complexity index is 447. The molecule has 0 fully saturated rings. The molecule has 0 N–H and O–H groups in total. The van der Waals surface area contributed by atoms with Gasteiger partial charge in [-0.05, 0) is 18.4 Å². The van der Waals surface area contributed by atoms with Gasteiger partial charge in [-0.15, -0.1) is 35.7 Å². The Kier molecular flexibility index (Phi) is 2.53. The molecule has 4 heteroatoms. The highest BCUT2D eigenvalue weighted by Gasteiger charge is 2.07. The Labute approximate surface area is 89.6 Å². The minimum atomic E-state index is -0.216. The predicted molar refractivity (Wildman–Crippen MR) is 60.8 cm³/mol. The maximum absolute atomic E-state index is 13.0. The number of thiophene rings is 1. The monoisotopic (exact) mass is 230 g/mol. The predicted octanol–water partition coefficient (Wildman–Crippen LogP) is 4.05. The van der Waals surface area contributed by atoms with E-state index >= 15 is 0 Å². The molecule has 0 saturated carbocycles. The van der Waals surface area contributed by atoms with Gasteiger partial charge in [-0.1, -0.05) is 0 Å². The fourth-order valence-electron chi connectivity index (χ4n) is 1.23. The Hall–Kier alpha value is -0.190. The first kappa shape index (κ1) is 9.37. The second-order valence-electron chi connectivity index (χ2n) is 2.60. The van der Waals surface area contributed by atoms with Gasteiger partial charge in [-0.3, -0.25) is 0 Å². The van der Waals surface area contributed by atoms with Gasteiger partial charge < -0.3 is 0 Å². The van der Waals surface area contributed by atoms with Crippen LogP contribution in [-0.2, 0) is 0 Å². The summed E-state index contributed by atoms with van der Waals surface area (Å²) in [4.78, 5) is 1.89. The summed E-state index contributed by atoms with van der Waals surface area (Å²) in [6, 6.07) is 3.01. The molecule has 0 aliphatic carbocycles. The highest BCUT2D eigenvalue weighted by atomic mass is 32.2. The summed E-state index contributed by atoms with van der Waals surface area (Å²) in [7, 11) is 0. The average Bonchev–Trinajstić information content (AvgIpc) is 2.47. The molecule has 0 nitrogen and oxygen atoms in total. The van der Waals surface area contributed by atoms with Crippen LogP contribution in [0.4, 0.5) is 4.39 Å². The number of thiol groups is 1. The lowest BCUT2D eigenvalue weighted by molar-refractivity contribution is 0.627. The number of hydrogen-bond acceptors (Lipinski definition) is 3. The molecule has 0 saturated heterocycles. The van der Waals surface area contributed by atoms with Crippen molar-refractivity contribution in [3.05, 3.63) is 23.3 Å². The number of thioether (sulfide) groups is 1. The summed E-state index contributed by atoms with van der Waals surface area (Å²) in [5, 5.41) is 3.11. The summed E-state index contributed by atoms with van der Waals surface area (Å²) in [6.07, 6.45) is 2.01. The molecule has 1 aromatic heterocycles. The van der Waals surface area contributed by atoms with E-state index in [1.165, 1.54) is 11.0 Å². The highest BCUT2D eigenvalue weighted by Crippen LogP contribution is 2.36. The second-order valence-corrected chi connectivity index (χ2v) is 4.84. The third kappa shape index (κ3) is 1.58. The second kappa shape index (κ2) is 3.52. The lowest BCUT2D eigenvalue weighted by atomic mass is 10.2. The largest absolute Gasteiger partial charge is 0.207 e. The molecule has 0 spiro atoms. The van der Waals surface area contributed by atoms with Crippen molar-refractivity contribution in [1.29, 1.82) is 0 Å². The molecule has 0 aliphatic heterocycles. The van der Waals surface area contributed by atoms with Gasteiger partial charge in [0.1, 0.15) is 5.82 Å². The van der Waals surface area contributed by atoms with Crippen LogP contribution >= 0.6 is 35.7 Å². The Morgan fingerprint density at radius 1 is 1.46 bits per heavy atom. The van der Waals surface area contributed by atoms with Gasteiger partial charge in [0, 0.05) is 25.3 Å². The third-order valence-corrected chi connectivity index (χ3v) is 4.00. The number of benzene rings is 1. The minimum Gasteiger partial charge on any atom is -0.207 e. The Morgan fingerprint density at radius 3 is 2.92 bits per heavy atom. The van der Waals surface area contributed by atoms with Crippen LogP contribution in [0, 0.1) is 5.82 Å². The average molecular weight is 230 g/mol. The van der Waals surface area contributed by atoms with Gasteiger partial charge in [0.05, 0.1) is 0 Å². The molecule has 13 heavy (non-hydrogen) atoms. The maximum Gasteiger partial charge on any atom is 0.125 e. The first-order chi connectivity index (χ1) is 6.22. The molecule has 68 valence electrons. The van der Waals surface area contributed by atoms with Crippen molar-refractivity contribution in [2.45, 2.75) is 9.79 Å². The maximum atomic E-state index is 13.0. The summed E-state index contributed by atoms with van der Waals surface area (Å²) in [6.45, 7) is 0. The molecule has 0 atom stereocenters. The van der Waals surface area contributed by atoms with Gasteiger partial charge in [-0.25, -0.2) is 4.39 Å². The van der Waals surface area contributed by atoms with Crippen LogP contribution in [0.3, 0.4) is 0 Å². The summed E-state index contributed by atoms with van der Waals surface area (Å²) < 4.78 is 13.9. The summed E-state index contributed by atoms with van der Waals surface area (Å²) >= 11 is 7.48. The molecule has 1 heterocycles. The van der Waals surface area contributed by atoms with Gasteiger partial charge in [0.15, 0.2) is 0 Å². The zero-order valence-corrected chi connectivity index (χ0v) is 9.40. The molecule has 0 amide bonds. The molecule has 0 aliphatic rings. The molecule has 2 aromatic rings. The normalized spacial score (nSPS) is 11.0. The molecule has 2 rings (SSSR count). The van der Waals surface area contributed by atoms with Gasteiger partial charge >= 0.3 is 0 Å². The van der Waals surface area contributed by atoms with Gasteiger partial charge in [0.2, 0.25) is 0 Å². The van der Waals surface area contributed by atoms with Crippen molar-refractivity contribution in [2.24, 2.45) is 0 Å². The highest BCUT2D eigenvalue weighted by molar-refractivity contribution is 7.99. The van der Waals surface area contributed by atoms with Crippen LogP contribution in [0.25, 0.3) is 10.1 Å². The summed E-state index contributed by atoms with van der Waals surface area (Å²) in [5.74, 6) is -0.216. The van der Waals surface area contributed by atoms with Crippen LogP contribution < -0.4 is 0 Å². The smallest absolute Gasteiger partial charge is 0.125 e. The first-order valence-electron chi connectivity index (χ1n) is 3.66. The molecule has 0 unspecified atom stereocenters. The van der Waals surface area contributed by atoms with E-state index in [-0.39, 0.29) is 5.82 Å². The van der Waals surface area contributed by atoms with E-state index in [0.717, 1.165) is 15.0 Å². The van der Waals surface area contributed by atoms with Crippen molar-refractivity contribution in [1.82, 2.24) is 0 Å². The summed E-state index contributed by atoms with van der Waals surface area (Å²) in [5.41, 5.74) is 0. The van der Waals surface area contributed by atoms with Gasteiger partial charge in [-0.2, -0.15) is 0 Å². The number of halogens is 1. The SMILES string of the molecule is CSc1csc2cc(F)cc(S)c12. The Morgan fingerprint density at radius 2 is 2.23 bits per heavy atom. The Balaban J connectivity index is 2.82. The van der Waals surface area contributed by atoms with E-state index in [1.54, 1.807) is 29.2 Å².